The van der Waals surface area contributed by atoms with Gasteiger partial charge in [0.05, 0.1) is 0 Å². The molecule has 2 saturated heterocycles. The summed E-state index contributed by atoms with van der Waals surface area (Å²) in [5.41, 5.74) is 0. The number of piperidine rings is 2. The SMILES string of the molecule is [C]1CCCN2CCCCC12. The van der Waals surface area contributed by atoms with Crippen LogP contribution in [0.3, 0.4) is 0 Å². The summed E-state index contributed by atoms with van der Waals surface area (Å²) in [5.74, 6) is 0. The molecule has 0 aromatic carbocycles. The minimum atomic E-state index is 0.738. The molecule has 2 aliphatic heterocycles. The van der Waals surface area contributed by atoms with Crippen molar-refractivity contribution in [2.45, 2.75) is 38.1 Å². The maximum atomic E-state index is 3.55. The second-order valence-electron chi connectivity index (χ2n) is 3.36. The van der Waals surface area contributed by atoms with Gasteiger partial charge in [-0.2, -0.15) is 0 Å². The van der Waals surface area contributed by atoms with Crippen LogP contribution in [0.15, 0.2) is 0 Å². The zero-order valence-corrected chi connectivity index (χ0v) is 6.47. The Morgan fingerprint density at radius 3 is 2.90 bits per heavy atom. The van der Waals surface area contributed by atoms with Gasteiger partial charge in [0.1, 0.15) is 0 Å². The molecule has 0 bridgehead atoms. The van der Waals surface area contributed by atoms with Crippen LogP contribution in [0.4, 0.5) is 0 Å². The zero-order chi connectivity index (χ0) is 6.81. The Morgan fingerprint density at radius 2 is 2.00 bits per heavy atom. The fraction of sp³-hybridized carbons (Fsp3) is 0.889. The van der Waals surface area contributed by atoms with E-state index in [4.69, 9.17) is 0 Å². The molecule has 2 rings (SSSR count). The third-order valence-corrected chi connectivity index (χ3v) is 2.62. The first-order valence-electron chi connectivity index (χ1n) is 4.44. The van der Waals surface area contributed by atoms with Gasteiger partial charge in [0, 0.05) is 12.5 Å². The number of rotatable bonds is 0. The van der Waals surface area contributed by atoms with Gasteiger partial charge in [0.15, 0.2) is 0 Å². The van der Waals surface area contributed by atoms with Crippen molar-refractivity contribution < 1.29 is 0 Å². The van der Waals surface area contributed by atoms with Crippen molar-refractivity contribution in [3.05, 3.63) is 6.42 Å². The van der Waals surface area contributed by atoms with E-state index in [1.165, 1.54) is 45.2 Å². The number of hydrogen-bond donors (Lipinski definition) is 0. The van der Waals surface area contributed by atoms with E-state index in [9.17, 15) is 0 Å². The Balaban J connectivity index is 1.93. The maximum absolute atomic E-state index is 3.55. The Bertz CT molecular complexity index is 85.3. The zero-order valence-electron chi connectivity index (χ0n) is 6.47. The monoisotopic (exact) mass is 137 g/mol. The first kappa shape index (κ1) is 6.66. The van der Waals surface area contributed by atoms with Gasteiger partial charge in [-0.3, -0.25) is 4.90 Å². The van der Waals surface area contributed by atoms with Gasteiger partial charge in [0.25, 0.3) is 0 Å². The molecule has 0 N–H and O–H groups in total. The van der Waals surface area contributed by atoms with Crippen LogP contribution < -0.4 is 0 Å². The molecule has 1 atom stereocenters. The quantitative estimate of drug-likeness (QED) is 0.491. The van der Waals surface area contributed by atoms with E-state index in [2.05, 4.69) is 11.3 Å². The molecule has 1 nitrogen and oxygen atoms in total. The molecule has 0 aromatic rings. The molecule has 0 amide bonds. The summed E-state index contributed by atoms with van der Waals surface area (Å²) in [6.07, 6.45) is 10.3. The molecule has 2 aliphatic rings. The summed E-state index contributed by atoms with van der Waals surface area (Å²) in [6.45, 7) is 2.66. The lowest BCUT2D eigenvalue weighted by Crippen LogP contribution is -2.42. The molecule has 2 radical (unpaired) electrons. The highest BCUT2D eigenvalue weighted by Crippen LogP contribution is 2.24. The number of nitrogens with zero attached hydrogens (tertiary/aromatic N) is 1. The average molecular weight is 137 g/mol. The van der Waals surface area contributed by atoms with Crippen molar-refractivity contribution >= 4 is 0 Å². The third kappa shape index (κ3) is 1.20. The average Bonchev–Trinajstić information content (AvgIpc) is 2.05. The Morgan fingerprint density at radius 1 is 1.10 bits per heavy atom. The summed E-state index contributed by atoms with van der Waals surface area (Å²) in [5, 5.41) is 0. The lowest BCUT2D eigenvalue weighted by molar-refractivity contribution is 0.144. The van der Waals surface area contributed by atoms with E-state index < -0.39 is 0 Å². The van der Waals surface area contributed by atoms with Crippen molar-refractivity contribution in [2.75, 3.05) is 13.1 Å². The van der Waals surface area contributed by atoms with Crippen LogP contribution >= 0.6 is 0 Å². The molecule has 2 heterocycles. The predicted octanol–water partition coefficient (Wildman–Crippen LogP) is 1.72. The van der Waals surface area contributed by atoms with Crippen LogP contribution in [0.5, 0.6) is 0 Å². The Kier molecular flexibility index (Phi) is 1.94. The molecule has 10 heavy (non-hydrogen) atoms. The van der Waals surface area contributed by atoms with E-state index in [-0.39, 0.29) is 0 Å². The normalized spacial score (nSPS) is 30.0. The Hall–Kier alpha value is -0.0400. The highest BCUT2D eigenvalue weighted by atomic mass is 15.2. The van der Waals surface area contributed by atoms with Crippen molar-refractivity contribution in [3.63, 3.8) is 0 Å². The van der Waals surface area contributed by atoms with Crippen molar-refractivity contribution in [2.24, 2.45) is 0 Å². The van der Waals surface area contributed by atoms with E-state index in [1.807, 2.05) is 0 Å². The van der Waals surface area contributed by atoms with Crippen LogP contribution in [-0.2, 0) is 0 Å². The van der Waals surface area contributed by atoms with E-state index >= 15 is 0 Å². The molecule has 0 aliphatic carbocycles. The topological polar surface area (TPSA) is 3.24 Å². The van der Waals surface area contributed by atoms with Gasteiger partial charge in [0.2, 0.25) is 0 Å². The third-order valence-electron chi connectivity index (χ3n) is 2.62. The first-order chi connectivity index (χ1) is 4.97. The summed E-state index contributed by atoms with van der Waals surface area (Å²) < 4.78 is 0. The molecule has 2 fully saturated rings. The molecule has 0 spiro atoms. The van der Waals surface area contributed by atoms with Crippen LogP contribution in [0.2, 0.25) is 0 Å². The highest BCUT2D eigenvalue weighted by molar-refractivity contribution is 4.91. The number of hydrogen-bond acceptors (Lipinski definition) is 1. The predicted molar refractivity (Wildman–Crippen MR) is 41.7 cm³/mol. The van der Waals surface area contributed by atoms with Gasteiger partial charge in [-0.05, 0) is 38.8 Å². The summed E-state index contributed by atoms with van der Waals surface area (Å²) >= 11 is 0. The first-order valence-corrected chi connectivity index (χ1v) is 4.44. The molecule has 1 unspecified atom stereocenters. The smallest absolute Gasteiger partial charge is 0.0164 e. The van der Waals surface area contributed by atoms with Crippen LogP contribution in [-0.4, -0.2) is 24.0 Å². The van der Waals surface area contributed by atoms with Crippen LogP contribution in [0.25, 0.3) is 0 Å². The van der Waals surface area contributed by atoms with Crippen molar-refractivity contribution in [3.8, 4) is 0 Å². The molecular formula is C9H15N. The van der Waals surface area contributed by atoms with Gasteiger partial charge >= 0.3 is 0 Å². The molecular weight excluding hydrogens is 122 g/mol. The van der Waals surface area contributed by atoms with E-state index in [0.29, 0.717) is 0 Å². The van der Waals surface area contributed by atoms with Gasteiger partial charge in [-0.15, -0.1) is 0 Å². The van der Waals surface area contributed by atoms with Crippen LogP contribution in [0.1, 0.15) is 32.1 Å². The fourth-order valence-electron chi connectivity index (χ4n) is 2.04. The van der Waals surface area contributed by atoms with Crippen LogP contribution in [0, 0.1) is 6.42 Å². The van der Waals surface area contributed by atoms with Gasteiger partial charge < -0.3 is 0 Å². The van der Waals surface area contributed by atoms with E-state index in [1.54, 1.807) is 0 Å². The lowest BCUT2D eigenvalue weighted by Gasteiger charge is -2.38. The minimum absolute atomic E-state index is 0.738. The summed E-state index contributed by atoms with van der Waals surface area (Å²) in [4.78, 5) is 2.59. The largest absolute Gasteiger partial charge is 0.300 e. The minimum Gasteiger partial charge on any atom is -0.300 e. The molecule has 1 heteroatoms. The summed E-state index contributed by atoms with van der Waals surface area (Å²) in [7, 11) is 0. The van der Waals surface area contributed by atoms with Gasteiger partial charge in [-0.1, -0.05) is 6.42 Å². The molecule has 0 aromatic heterocycles. The van der Waals surface area contributed by atoms with Gasteiger partial charge in [-0.25, -0.2) is 0 Å². The summed E-state index contributed by atoms with van der Waals surface area (Å²) in [6, 6.07) is 0.738. The Labute approximate surface area is 63.4 Å². The standard InChI is InChI=1S/C9H15N/c1-3-7-10-8-4-2-6-9(10)5-1/h9H,1-5,7-8H2. The fourth-order valence-corrected chi connectivity index (χ4v) is 2.04. The highest BCUT2D eigenvalue weighted by Gasteiger charge is 2.24. The van der Waals surface area contributed by atoms with Crippen molar-refractivity contribution in [1.29, 1.82) is 0 Å². The lowest BCUT2D eigenvalue weighted by atomic mass is 9.93. The second kappa shape index (κ2) is 2.91. The van der Waals surface area contributed by atoms with Crippen molar-refractivity contribution in [1.82, 2.24) is 4.90 Å². The van der Waals surface area contributed by atoms with E-state index in [0.717, 1.165) is 6.04 Å². The maximum Gasteiger partial charge on any atom is 0.0164 e. The number of fused-ring (bicyclic) bond motifs is 1. The molecule has 0 saturated carbocycles. The second-order valence-corrected chi connectivity index (χ2v) is 3.36. The molecule has 56 valence electrons.